The van der Waals surface area contributed by atoms with Gasteiger partial charge < -0.3 is 10.1 Å². The zero-order chi connectivity index (χ0) is 24.2. The Morgan fingerprint density at radius 3 is 2.36 bits per heavy atom. The van der Waals surface area contributed by atoms with Gasteiger partial charge in [0.1, 0.15) is 4.90 Å². The van der Waals surface area contributed by atoms with Crippen LogP contribution in [0.4, 0.5) is 11.4 Å². The quantitative estimate of drug-likeness (QED) is 0.410. The molecule has 0 aliphatic rings. The molecular formula is C23H20Cl2N2O5S. The van der Waals surface area contributed by atoms with E-state index >= 15 is 0 Å². The van der Waals surface area contributed by atoms with Crippen molar-refractivity contribution in [1.82, 2.24) is 0 Å². The fourth-order valence-corrected chi connectivity index (χ4v) is 4.82. The molecule has 2 N–H and O–H groups in total. The van der Waals surface area contributed by atoms with Crippen LogP contribution in [0.3, 0.4) is 0 Å². The van der Waals surface area contributed by atoms with Gasteiger partial charge in [0, 0.05) is 11.3 Å². The predicted molar refractivity (Wildman–Crippen MR) is 129 cm³/mol. The van der Waals surface area contributed by atoms with Crippen molar-refractivity contribution in [3.05, 3.63) is 87.4 Å². The summed E-state index contributed by atoms with van der Waals surface area (Å²) >= 11 is 12.3. The molecule has 172 valence electrons. The smallest absolute Gasteiger partial charge is 0.339 e. The van der Waals surface area contributed by atoms with Crippen LogP contribution in [0, 0.1) is 6.92 Å². The minimum Gasteiger partial charge on any atom is -0.462 e. The molecule has 0 aromatic heterocycles. The Morgan fingerprint density at radius 1 is 0.970 bits per heavy atom. The van der Waals surface area contributed by atoms with E-state index < -0.39 is 21.9 Å². The third-order valence-corrected chi connectivity index (χ3v) is 6.75. The van der Waals surface area contributed by atoms with E-state index in [9.17, 15) is 18.0 Å². The molecule has 0 fully saturated rings. The molecule has 1 amide bonds. The van der Waals surface area contributed by atoms with Crippen LogP contribution < -0.4 is 10.0 Å². The summed E-state index contributed by atoms with van der Waals surface area (Å²) in [6.07, 6.45) is 0. The number of carbonyl (C=O) groups excluding carboxylic acids is 2. The fourth-order valence-electron chi connectivity index (χ4n) is 2.91. The second-order valence-electron chi connectivity index (χ2n) is 6.93. The molecule has 3 aromatic rings. The van der Waals surface area contributed by atoms with E-state index in [1.54, 1.807) is 38.1 Å². The van der Waals surface area contributed by atoms with E-state index in [0.29, 0.717) is 11.4 Å². The maximum Gasteiger partial charge on any atom is 0.339 e. The second-order valence-corrected chi connectivity index (χ2v) is 9.40. The number of para-hydroxylation sites is 1. The van der Waals surface area contributed by atoms with E-state index in [-0.39, 0.29) is 32.7 Å². The number of amides is 1. The molecule has 3 aromatic carbocycles. The van der Waals surface area contributed by atoms with E-state index in [4.69, 9.17) is 27.9 Å². The Labute approximate surface area is 201 Å². The summed E-state index contributed by atoms with van der Waals surface area (Å²) in [5.74, 6) is -1.16. The van der Waals surface area contributed by atoms with Gasteiger partial charge in [0.15, 0.2) is 0 Å². The van der Waals surface area contributed by atoms with Crippen LogP contribution in [0.5, 0.6) is 0 Å². The number of esters is 1. The Morgan fingerprint density at radius 2 is 1.70 bits per heavy atom. The molecule has 0 radical (unpaired) electrons. The van der Waals surface area contributed by atoms with Crippen molar-refractivity contribution in [2.24, 2.45) is 0 Å². The van der Waals surface area contributed by atoms with Crippen LogP contribution in [0.2, 0.25) is 10.0 Å². The summed E-state index contributed by atoms with van der Waals surface area (Å²) in [5.41, 5.74) is 1.68. The normalized spacial score (nSPS) is 11.0. The van der Waals surface area contributed by atoms with Crippen molar-refractivity contribution in [2.45, 2.75) is 18.7 Å². The molecule has 0 unspecified atom stereocenters. The highest BCUT2D eigenvalue weighted by molar-refractivity contribution is 7.92. The largest absolute Gasteiger partial charge is 0.462 e. The summed E-state index contributed by atoms with van der Waals surface area (Å²) in [6.45, 7) is 3.65. The number of aryl methyl sites for hydroxylation is 1. The number of hydrogen-bond acceptors (Lipinski definition) is 5. The highest BCUT2D eigenvalue weighted by Gasteiger charge is 2.21. The summed E-state index contributed by atoms with van der Waals surface area (Å²) in [4.78, 5) is 24.4. The van der Waals surface area contributed by atoms with Crippen molar-refractivity contribution < 1.29 is 22.7 Å². The number of sulfonamides is 1. The Hall–Kier alpha value is -3.07. The molecule has 0 bridgehead atoms. The lowest BCUT2D eigenvalue weighted by molar-refractivity contribution is 0.0526. The number of anilines is 2. The molecule has 0 aliphatic carbocycles. The van der Waals surface area contributed by atoms with E-state index in [1.807, 2.05) is 0 Å². The first kappa shape index (κ1) is 24.6. The highest BCUT2D eigenvalue weighted by Crippen LogP contribution is 2.27. The molecule has 0 saturated carbocycles. The van der Waals surface area contributed by atoms with Gasteiger partial charge in [-0.05, 0) is 61.9 Å². The lowest BCUT2D eigenvalue weighted by atomic mass is 10.2. The van der Waals surface area contributed by atoms with Gasteiger partial charge in [-0.15, -0.1) is 0 Å². The van der Waals surface area contributed by atoms with Gasteiger partial charge in [-0.3, -0.25) is 9.52 Å². The van der Waals surface area contributed by atoms with Gasteiger partial charge in [-0.1, -0.05) is 41.4 Å². The molecule has 3 rings (SSSR count). The van der Waals surface area contributed by atoms with E-state index in [0.717, 1.165) is 5.56 Å². The van der Waals surface area contributed by atoms with Crippen molar-refractivity contribution >= 4 is 56.5 Å². The fraction of sp³-hybridized carbons (Fsp3) is 0.130. The Balaban J connectivity index is 1.84. The van der Waals surface area contributed by atoms with Crippen LogP contribution in [0.25, 0.3) is 0 Å². The molecule has 0 saturated heterocycles. The van der Waals surface area contributed by atoms with Crippen molar-refractivity contribution in [1.29, 1.82) is 0 Å². The topological polar surface area (TPSA) is 102 Å². The van der Waals surface area contributed by atoms with Crippen molar-refractivity contribution in [3.63, 3.8) is 0 Å². The molecule has 7 nitrogen and oxygen atoms in total. The standard InChI is InChI=1S/C23H20Cl2N2O5S/c1-3-32-23(29)17-10-9-16(13-19(17)25)26-22(28)15-8-11-18(24)21(12-15)33(30,31)27-20-7-5-4-6-14(20)2/h4-13,27H,3H2,1-2H3,(H,26,28). The SMILES string of the molecule is CCOC(=O)c1ccc(NC(=O)c2ccc(Cl)c(S(=O)(=O)Nc3ccccc3C)c2)cc1Cl. The molecular weight excluding hydrogens is 487 g/mol. The summed E-state index contributed by atoms with van der Waals surface area (Å²) in [5, 5.41) is 2.69. The number of hydrogen-bond donors (Lipinski definition) is 2. The van der Waals surface area contributed by atoms with Gasteiger partial charge in [0.05, 0.1) is 27.9 Å². The highest BCUT2D eigenvalue weighted by atomic mass is 35.5. The number of halogens is 2. The maximum absolute atomic E-state index is 12.9. The first-order valence-corrected chi connectivity index (χ1v) is 12.0. The van der Waals surface area contributed by atoms with Gasteiger partial charge in [0.25, 0.3) is 15.9 Å². The monoisotopic (exact) mass is 506 g/mol. The average molecular weight is 507 g/mol. The molecule has 0 spiro atoms. The summed E-state index contributed by atoms with van der Waals surface area (Å²) in [6, 6.07) is 15.1. The average Bonchev–Trinajstić information content (AvgIpc) is 2.75. The second kappa shape index (κ2) is 10.2. The molecule has 0 aliphatic heterocycles. The third-order valence-electron chi connectivity index (χ3n) is 4.59. The van der Waals surface area contributed by atoms with Crippen LogP contribution >= 0.6 is 23.2 Å². The lowest BCUT2D eigenvalue weighted by Gasteiger charge is -2.13. The first-order valence-electron chi connectivity index (χ1n) is 9.78. The van der Waals surface area contributed by atoms with Crippen LogP contribution in [-0.4, -0.2) is 26.9 Å². The molecule has 0 atom stereocenters. The molecule has 0 heterocycles. The number of ether oxygens (including phenoxy) is 1. The molecule has 33 heavy (non-hydrogen) atoms. The van der Waals surface area contributed by atoms with Gasteiger partial charge in [-0.25, -0.2) is 13.2 Å². The summed E-state index contributed by atoms with van der Waals surface area (Å²) in [7, 11) is -4.06. The Bertz CT molecular complexity index is 1330. The maximum atomic E-state index is 12.9. The van der Waals surface area contributed by atoms with Crippen molar-refractivity contribution in [2.75, 3.05) is 16.6 Å². The number of benzene rings is 3. The summed E-state index contributed by atoms with van der Waals surface area (Å²) < 4.78 is 33.2. The first-order chi connectivity index (χ1) is 15.6. The Kier molecular flexibility index (Phi) is 7.63. The zero-order valence-corrected chi connectivity index (χ0v) is 20.0. The molecule has 10 heteroatoms. The van der Waals surface area contributed by atoms with Crippen molar-refractivity contribution in [3.8, 4) is 0 Å². The van der Waals surface area contributed by atoms with Gasteiger partial charge in [0.2, 0.25) is 0 Å². The predicted octanol–water partition coefficient (Wildman–Crippen LogP) is 5.53. The third kappa shape index (κ3) is 5.84. The van der Waals surface area contributed by atoms with E-state index in [1.165, 1.54) is 36.4 Å². The van der Waals surface area contributed by atoms with Gasteiger partial charge in [-0.2, -0.15) is 0 Å². The number of nitrogens with one attached hydrogen (secondary N) is 2. The minimum atomic E-state index is -4.06. The zero-order valence-electron chi connectivity index (χ0n) is 17.7. The number of rotatable bonds is 7. The number of carbonyl (C=O) groups is 2. The van der Waals surface area contributed by atoms with Crippen LogP contribution in [0.1, 0.15) is 33.2 Å². The van der Waals surface area contributed by atoms with Crippen LogP contribution in [0.15, 0.2) is 65.6 Å². The minimum absolute atomic E-state index is 0.0329. The van der Waals surface area contributed by atoms with Crippen LogP contribution in [-0.2, 0) is 14.8 Å². The van der Waals surface area contributed by atoms with Gasteiger partial charge >= 0.3 is 5.97 Å². The lowest BCUT2D eigenvalue weighted by Crippen LogP contribution is -2.17. The van der Waals surface area contributed by atoms with E-state index in [2.05, 4.69) is 10.0 Å².